The molecule has 1 aliphatic heterocycles. The van der Waals surface area contributed by atoms with Crippen LogP contribution in [0.2, 0.25) is 5.02 Å². The number of piperazine rings is 1. The van der Waals surface area contributed by atoms with Crippen LogP contribution in [0.4, 0.5) is 0 Å². The molecule has 33 heavy (non-hydrogen) atoms. The predicted molar refractivity (Wildman–Crippen MR) is 124 cm³/mol. The molecule has 1 saturated carbocycles. The standard InChI is InChI=1S/C23H31ClN6O3/c1-16(2)30(14-21-26-27-23(33-21)18-5-3-4-6-19(18)24)22(32)15-29-11-9-28(10-12-29)13-20(31)25-17-7-8-17/h3-6,16-17H,7-15H2,1-2H3,(H,25,31). The number of hydrogen-bond donors (Lipinski definition) is 1. The quantitative estimate of drug-likeness (QED) is 0.594. The van der Waals surface area contributed by atoms with Gasteiger partial charge in [-0.05, 0) is 38.8 Å². The van der Waals surface area contributed by atoms with Gasteiger partial charge in [0.05, 0.1) is 30.2 Å². The van der Waals surface area contributed by atoms with E-state index in [1.807, 2.05) is 32.0 Å². The first kappa shape index (κ1) is 23.7. The van der Waals surface area contributed by atoms with Gasteiger partial charge in [-0.2, -0.15) is 0 Å². The molecule has 2 fully saturated rings. The molecule has 1 aromatic carbocycles. The van der Waals surface area contributed by atoms with Crippen LogP contribution in [-0.4, -0.2) is 88.1 Å². The first-order valence-electron chi connectivity index (χ1n) is 11.5. The summed E-state index contributed by atoms with van der Waals surface area (Å²) in [6.45, 7) is 8.01. The van der Waals surface area contributed by atoms with E-state index in [9.17, 15) is 9.59 Å². The highest BCUT2D eigenvalue weighted by Crippen LogP contribution is 2.26. The van der Waals surface area contributed by atoms with Crippen molar-refractivity contribution in [2.75, 3.05) is 39.3 Å². The van der Waals surface area contributed by atoms with Gasteiger partial charge in [-0.3, -0.25) is 19.4 Å². The third kappa shape index (κ3) is 6.52. The lowest BCUT2D eigenvalue weighted by Gasteiger charge is -2.35. The summed E-state index contributed by atoms with van der Waals surface area (Å²) in [4.78, 5) is 31.1. The van der Waals surface area contributed by atoms with Crippen molar-refractivity contribution in [3.05, 3.63) is 35.2 Å². The molecule has 2 heterocycles. The van der Waals surface area contributed by atoms with E-state index in [-0.39, 0.29) is 24.4 Å². The van der Waals surface area contributed by atoms with Crippen molar-refractivity contribution in [2.24, 2.45) is 0 Å². The highest BCUT2D eigenvalue weighted by molar-refractivity contribution is 6.33. The van der Waals surface area contributed by atoms with E-state index in [0.29, 0.717) is 41.5 Å². The van der Waals surface area contributed by atoms with E-state index in [1.165, 1.54) is 0 Å². The third-order valence-electron chi connectivity index (χ3n) is 5.95. The zero-order valence-corrected chi connectivity index (χ0v) is 19.9. The molecule has 2 amide bonds. The lowest BCUT2D eigenvalue weighted by Crippen LogP contribution is -2.52. The molecule has 0 bridgehead atoms. The van der Waals surface area contributed by atoms with Crippen molar-refractivity contribution in [1.82, 2.24) is 30.2 Å². The molecule has 4 rings (SSSR count). The number of halogens is 1. The average molecular weight is 475 g/mol. The van der Waals surface area contributed by atoms with Crippen molar-refractivity contribution < 1.29 is 14.0 Å². The summed E-state index contributed by atoms with van der Waals surface area (Å²) in [7, 11) is 0. The van der Waals surface area contributed by atoms with Gasteiger partial charge in [-0.1, -0.05) is 23.7 Å². The number of hydrogen-bond acceptors (Lipinski definition) is 7. The van der Waals surface area contributed by atoms with Gasteiger partial charge in [-0.15, -0.1) is 10.2 Å². The van der Waals surface area contributed by atoms with E-state index in [0.717, 1.165) is 39.0 Å². The Morgan fingerprint density at radius 1 is 1.12 bits per heavy atom. The maximum atomic E-state index is 13.1. The number of aromatic nitrogens is 2. The van der Waals surface area contributed by atoms with Crippen molar-refractivity contribution in [2.45, 2.75) is 45.3 Å². The molecule has 2 aliphatic rings. The van der Waals surface area contributed by atoms with Gasteiger partial charge in [0.1, 0.15) is 0 Å². The second-order valence-corrected chi connectivity index (χ2v) is 9.40. The molecule has 9 nitrogen and oxygen atoms in total. The minimum Gasteiger partial charge on any atom is -0.419 e. The Morgan fingerprint density at radius 3 is 2.42 bits per heavy atom. The topological polar surface area (TPSA) is 94.8 Å². The maximum Gasteiger partial charge on any atom is 0.249 e. The molecule has 2 aromatic rings. The van der Waals surface area contributed by atoms with Crippen molar-refractivity contribution in [1.29, 1.82) is 0 Å². The van der Waals surface area contributed by atoms with Gasteiger partial charge in [0.25, 0.3) is 0 Å². The molecular formula is C23H31ClN6O3. The molecule has 10 heteroatoms. The van der Waals surface area contributed by atoms with E-state index < -0.39 is 0 Å². The number of nitrogens with zero attached hydrogens (tertiary/aromatic N) is 5. The molecule has 0 atom stereocenters. The summed E-state index contributed by atoms with van der Waals surface area (Å²) >= 11 is 6.22. The molecule has 1 aliphatic carbocycles. The Morgan fingerprint density at radius 2 is 1.79 bits per heavy atom. The smallest absolute Gasteiger partial charge is 0.249 e. The molecule has 1 saturated heterocycles. The normalized spacial score (nSPS) is 17.3. The summed E-state index contributed by atoms with van der Waals surface area (Å²) < 4.78 is 5.80. The van der Waals surface area contributed by atoms with Crippen molar-refractivity contribution >= 4 is 23.4 Å². The number of amides is 2. The van der Waals surface area contributed by atoms with Gasteiger partial charge in [-0.25, -0.2) is 0 Å². The van der Waals surface area contributed by atoms with Gasteiger partial charge in [0.2, 0.25) is 23.6 Å². The highest BCUT2D eigenvalue weighted by Gasteiger charge is 2.27. The van der Waals surface area contributed by atoms with E-state index in [1.54, 1.807) is 11.0 Å². The van der Waals surface area contributed by atoms with Gasteiger partial charge in [0, 0.05) is 38.3 Å². The van der Waals surface area contributed by atoms with Crippen LogP contribution >= 0.6 is 11.6 Å². The van der Waals surface area contributed by atoms with Crippen LogP contribution in [0.1, 0.15) is 32.6 Å². The zero-order valence-electron chi connectivity index (χ0n) is 19.2. The zero-order chi connectivity index (χ0) is 23.4. The Labute approximate surface area is 199 Å². The van der Waals surface area contributed by atoms with Crippen LogP contribution in [-0.2, 0) is 16.1 Å². The summed E-state index contributed by atoms with van der Waals surface area (Å²) in [5.41, 5.74) is 0.670. The van der Waals surface area contributed by atoms with E-state index >= 15 is 0 Å². The Bertz CT molecular complexity index is 969. The Hall–Kier alpha value is -2.49. The molecule has 0 unspecified atom stereocenters. The predicted octanol–water partition coefficient (Wildman–Crippen LogP) is 2.02. The van der Waals surface area contributed by atoms with Gasteiger partial charge < -0.3 is 14.6 Å². The monoisotopic (exact) mass is 474 g/mol. The highest BCUT2D eigenvalue weighted by atomic mass is 35.5. The fourth-order valence-electron chi connectivity index (χ4n) is 3.86. The fourth-order valence-corrected chi connectivity index (χ4v) is 4.07. The van der Waals surface area contributed by atoms with E-state index in [4.69, 9.17) is 16.0 Å². The first-order valence-corrected chi connectivity index (χ1v) is 11.9. The van der Waals surface area contributed by atoms with Crippen LogP contribution in [0, 0.1) is 0 Å². The number of carbonyl (C=O) groups is 2. The second-order valence-electron chi connectivity index (χ2n) is 8.99. The van der Waals surface area contributed by atoms with Crippen LogP contribution in [0.5, 0.6) is 0 Å². The summed E-state index contributed by atoms with van der Waals surface area (Å²) in [5.74, 6) is 0.832. The summed E-state index contributed by atoms with van der Waals surface area (Å²) in [6, 6.07) is 7.66. The molecule has 1 aromatic heterocycles. The fraction of sp³-hybridized carbons (Fsp3) is 0.565. The lowest BCUT2D eigenvalue weighted by molar-refractivity contribution is -0.136. The number of carbonyl (C=O) groups excluding carboxylic acids is 2. The third-order valence-corrected chi connectivity index (χ3v) is 6.28. The summed E-state index contributed by atoms with van der Waals surface area (Å²) in [6.07, 6.45) is 2.19. The lowest BCUT2D eigenvalue weighted by atomic mass is 10.2. The van der Waals surface area contributed by atoms with Gasteiger partial charge in [0.15, 0.2) is 0 Å². The van der Waals surface area contributed by atoms with Crippen LogP contribution in [0.3, 0.4) is 0 Å². The van der Waals surface area contributed by atoms with Crippen molar-refractivity contribution in [3.8, 4) is 11.5 Å². The minimum atomic E-state index is -0.0134. The number of nitrogens with one attached hydrogen (secondary N) is 1. The van der Waals surface area contributed by atoms with Crippen molar-refractivity contribution in [3.63, 3.8) is 0 Å². The largest absolute Gasteiger partial charge is 0.419 e. The Balaban J connectivity index is 1.28. The number of benzene rings is 1. The molecule has 178 valence electrons. The van der Waals surface area contributed by atoms with Crippen LogP contribution in [0.15, 0.2) is 28.7 Å². The Kier molecular flexibility index (Phi) is 7.62. The molecular weight excluding hydrogens is 444 g/mol. The molecule has 1 N–H and O–H groups in total. The first-order chi connectivity index (χ1) is 15.9. The maximum absolute atomic E-state index is 13.1. The second kappa shape index (κ2) is 10.6. The number of rotatable bonds is 9. The SMILES string of the molecule is CC(C)N(Cc1nnc(-c2ccccc2Cl)o1)C(=O)CN1CCN(CC(=O)NC2CC2)CC1. The summed E-state index contributed by atoms with van der Waals surface area (Å²) in [5, 5.41) is 11.8. The van der Waals surface area contributed by atoms with E-state index in [2.05, 4.69) is 25.3 Å². The minimum absolute atomic E-state index is 0.0134. The van der Waals surface area contributed by atoms with Crippen LogP contribution < -0.4 is 5.32 Å². The molecule has 0 spiro atoms. The van der Waals surface area contributed by atoms with Crippen LogP contribution in [0.25, 0.3) is 11.5 Å². The van der Waals surface area contributed by atoms with Gasteiger partial charge >= 0.3 is 0 Å². The average Bonchev–Trinajstić information content (AvgIpc) is 3.47. The molecule has 0 radical (unpaired) electrons.